The lowest BCUT2D eigenvalue weighted by atomic mass is 9.98. The van der Waals surface area contributed by atoms with E-state index in [0.29, 0.717) is 18.9 Å². The fourth-order valence-electron chi connectivity index (χ4n) is 5.12. The second-order valence-corrected chi connectivity index (χ2v) is 9.67. The van der Waals surface area contributed by atoms with Gasteiger partial charge in [-0.25, -0.2) is 9.89 Å². The van der Waals surface area contributed by atoms with Crippen molar-refractivity contribution in [1.82, 2.24) is 29.8 Å². The van der Waals surface area contributed by atoms with Gasteiger partial charge in [0, 0.05) is 25.5 Å². The van der Waals surface area contributed by atoms with Gasteiger partial charge in [0.25, 0.3) is 0 Å². The van der Waals surface area contributed by atoms with E-state index in [1.807, 2.05) is 59.2 Å². The lowest BCUT2D eigenvalue weighted by molar-refractivity contribution is -0.111. The van der Waals surface area contributed by atoms with Gasteiger partial charge in [-0.15, -0.1) is 5.10 Å². The lowest BCUT2D eigenvalue weighted by Crippen LogP contribution is -2.27. The Morgan fingerprint density at radius 2 is 1.48 bits per heavy atom. The number of unbranched alkanes of at least 4 members (excludes halogenated alkanes) is 1. The number of nitrogens with zero attached hydrogens (tertiary/aromatic N) is 5. The molecular formula is C31H34N6O3. The maximum absolute atomic E-state index is 14.0. The predicted octanol–water partition coefficient (Wildman–Crippen LogP) is 5.23. The van der Waals surface area contributed by atoms with Crippen LogP contribution in [0.3, 0.4) is 0 Å². The maximum Gasteiger partial charge on any atom is 0.329 e. The summed E-state index contributed by atoms with van der Waals surface area (Å²) in [6.45, 7) is 3.04. The van der Waals surface area contributed by atoms with Crippen molar-refractivity contribution in [3.05, 3.63) is 112 Å². The Kier molecular flexibility index (Phi) is 8.63. The highest BCUT2D eigenvalue weighted by Crippen LogP contribution is 2.30. The van der Waals surface area contributed by atoms with Gasteiger partial charge in [0.2, 0.25) is 0 Å². The summed E-state index contributed by atoms with van der Waals surface area (Å²) in [5, 5.41) is 14.4. The molecule has 2 aromatic heterocycles. The van der Waals surface area contributed by atoms with Gasteiger partial charge < -0.3 is 9.47 Å². The van der Waals surface area contributed by atoms with Gasteiger partial charge in [-0.05, 0) is 45.5 Å². The number of tetrazole rings is 1. The van der Waals surface area contributed by atoms with Crippen LogP contribution in [-0.4, -0.2) is 44.0 Å². The normalized spacial score (nSPS) is 11.4. The molecule has 0 atom stereocenters. The Bertz CT molecular complexity index is 1570. The minimum Gasteiger partial charge on any atom is -0.350 e. The lowest BCUT2D eigenvalue weighted by Gasteiger charge is -2.18. The van der Waals surface area contributed by atoms with E-state index in [1.54, 1.807) is 18.8 Å². The van der Waals surface area contributed by atoms with E-state index in [1.165, 1.54) is 0 Å². The third-order valence-corrected chi connectivity index (χ3v) is 7.11. The Morgan fingerprint density at radius 3 is 2.12 bits per heavy atom. The molecule has 0 amide bonds. The molecule has 0 aliphatic rings. The quantitative estimate of drug-likeness (QED) is 0.219. The van der Waals surface area contributed by atoms with Gasteiger partial charge in [-0.3, -0.25) is 9.13 Å². The molecule has 5 rings (SSSR count). The molecule has 5 aromatic rings. The van der Waals surface area contributed by atoms with E-state index in [-0.39, 0.29) is 5.69 Å². The minimum atomic E-state index is -0.644. The highest BCUT2D eigenvalue weighted by molar-refractivity contribution is 5.80. The Hall–Kier alpha value is -4.34. The first-order valence-corrected chi connectivity index (χ1v) is 13.5. The monoisotopic (exact) mass is 538 g/mol. The van der Waals surface area contributed by atoms with E-state index >= 15 is 0 Å². The Morgan fingerprint density at radius 1 is 0.825 bits per heavy atom. The molecule has 0 bridgehead atoms. The van der Waals surface area contributed by atoms with Crippen LogP contribution >= 0.6 is 0 Å². The van der Waals surface area contributed by atoms with Crippen molar-refractivity contribution < 1.29 is 9.47 Å². The number of aromatic nitrogens is 6. The third-order valence-electron chi connectivity index (χ3n) is 7.11. The first-order valence-electron chi connectivity index (χ1n) is 13.5. The largest absolute Gasteiger partial charge is 0.350 e. The molecule has 40 heavy (non-hydrogen) atoms. The predicted molar refractivity (Wildman–Crippen MR) is 154 cm³/mol. The summed E-state index contributed by atoms with van der Waals surface area (Å²) in [6.07, 6.45) is 2.07. The first kappa shape index (κ1) is 27.2. The van der Waals surface area contributed by atoms with Crippen molar-refractivity contribution in [2.45, 2.75) is 45.6 Å². The van der Waals surface area contributed by atoms with Gasteiger partial charge >= 0.3 is 5.69 Å². The SMILES string of the molecule is CCCCc1c(C(OC)OC)n(Cc2ccccc2)c(=O)n1Cc1ccc(-c2ccccc2-c2nnn[nH]2)cc1. The molecular weight excluding hydrogens is 504 g/mol. The van der Waals surface area contributed by atoms with E-state index in [0.717, 1.165) is 58.5 Å². The number of ether oxygens (including phenoxy) is 2. The average Bonchev–Trinajstić information content (AvgIpc) is 3.62. The molecule has 1 N–H and O–H groups in total. The zero-order valence-electron chi connectivity index (χ0n) is 23.1. The number of hydrogen-bond acceptors (Lipinski definition) is 6. The summed E-state index contributed by atoms with van der Waals surface area (Å²) in [5.74, 6) is 0.616. The van der Waals surface area contributed by atoms with Crippen LogP contribution in [0.5, 0.6) is 0 Å². The highest BCUT2D eigenvalue weighted by atomic mass is 16.7. The number of imidazole rings is 1. The molecule has 0 unspecified atom stereocenters. The third kappa shape index (κ3) is 5.66. The van der Waals surface area contributed by atoms with Gasteiger partial charge in [0.1, 0.15) is 0 Å². The van der Waals surface area contributed by atoms with Crippen LogP contribution < -0.4 is 5.69 Å². The fourth-order valence-corrected chi connectivity index (χ4v) is 5.12. The van der Waals surface area contributed by atoms with Gasteiger partial charge in [0.05, 0.1) is 18.8 Å². The highest BCUT2D eigenvalue weighted by Gasteiger charge is 2.26. The minimum absolute atomic E-state index is 0.0729. The summed E-state index contributed by atoms with van der Waals surface area (Å²) in [6, 6.07) is 26.3. The molecule has 0 fully saturated rings. The molecule has 9 heteroatoms. The van der Waals surface area contributed by atoms with E-state index in [4.69, 9.17) is 9.47 Å². The summed E-state index contributed by atoms with van der Waals surface area (Å²) in [4.78, 5) is 14.0. The van der Waals surface area contributed by atoms with Gasteiger partial charge in [-0.1, -0.05) is 92.2 Å². The van der Waals surface area contributed by atoms with Crippen molar-refractivity contribution in [3.8, 4) is 22.5 Å². The molecule has 0 aliphatic heterocycles. The standard InChI is InChI=1S/C31H34N6O3/c1-4-5-15-27-28(30(39-2)40-3)37(21-22-11-7-6-8-12-22)31(38)36(27)20-23-16-18-24(19-17-23)25-13-9-10-14-26(25)29-32-34-35-33-29/h6-14,16-19,30H,4-5,15,20-21H2,1-3H3,(H,32,33,34,35). The van der Waals surface area contributed by atoms with Crippen LogP contribution in [0.25, 0.3) is 22.5 Å². The molecule has 2 heterocycles. The Balaban J connectivity index is 1.53. The number of benzene rings is 3. The second-order valence-electron chi connectivity index (χ2n) is 9.67. The summed E-state index contributed by atoms with van der Waals surface area (Å²) < 4.78 is 15.1. The van der Waals surface area contributed by atoms with Gasteiger partial charge in [0.15, 0.2) is 12.1 Å². The van der Waals surface area contributed by atoms with E-state index in [9.17, 15) is 4.79 Å². The molecule has 9 nitrogen and oxygen atoms in total. The summed E-state index contributed by atoms with van der Waals surface area (Å²) in [7, 11) is 3.22. The van der Waals surface area contributed by atoms with Crippen molar-refractivity contribution in [1.29, 1.82) is 0 Å². The zero-order chi connectivity index (χ0) is 27.9. The second kappa shape index (κ2) is 12.7. The van der Waals surface area contributed by atoms with Crippen LogP contribution in [0.15, 0.2) is 83.7 Å². The maximum atomic E-state index is 14.0. The van der Waals surface area contributed by atoms with Crippen LogP contribution in [0.2, 0.25) is 0 Å². The molecule has 0 radical (unpaired) electrons. The van der Waals surface area contributed by atoms with Crippen molar-refractivity contribution in [3.63, 3.8) is 0 Å². The fraction of sp³-hybridized carbons (Fsp3) is 0.290. The van der Waals surface area contributed by atoms with Crippen LogP contribution in [0, 0.1) is 0 Å². The molecule has 0 aliphatic carbocycles. The molecule has 0 saturated carbocycles. The van der Waals surface area contributed by atoms with Crippen LogP contribution in [0.4, 0.5) is 0 Å². The number of rotatable bonds is 12. The number of nitrogens with one attached hydrogen (secondary N) is 1. The summed E-state index contributed by atoms with van der Waals surface area (Å²) >= 11 is 0. The first-order chi connectivity index (χ1) is 19.6. The van der Waals surface area contributed by atoms with Crippen LogP contribution in [0.1, 0.15) is 48.6 Å². The smallest absolute Gasteiger partial charge is 0.329 e. The number of methoxy groups -OCH3 is 2. The molecule has 0 spiro atoms. The van der Waals surface area contributed by atoms with E-state index in [2.05, 4.69) is 51.8 Å². The van der Waals surface area contributed by atoms with Crippen molar-refractivity contribution in [2.75, 3.05) is 14.2 Å². The molecule has 206 valence electrons. The number of aromatic amines is 1. The number of H-pyrrole nitrogens is 1. The van der Waals surface area contributed by atoms with Crippen LogP contribution in [-0.2, 0) is 29.0 Å². The average molecular weight is 539 g/mol. The Labute approximate surface area is 233 Å². The van der Waals surface area contributed by atoms with Crippen molar-refractivity contribution in [2.24, 2.45) is 0 Å². The topological polar surface area (TPSA) is 99.8 Å². The number of hydrogen-bond donors (Lipinski definition) is 1. The van der Waals surface area contributed by atoms with Crippen molar-refractivity contribution >= 4 is 0 Å². The molecule has 0 saturated heterocycles. The molecule has 3 aromatic carbocycles. The van der Waals surface area contributed by atoms with Gasteiger partial charge in [-0.2, -0.15) is 0 Å². The zero-order valence-corrected chi connectivity index (χ0v) is 23.1. The summed E-state index contributed by atoms with van der Waals surface area (Å²) in [5.41, 5.74) is 6.70. The van der Waals surface area contributed by atoms with E-state index < -0.39 is 6.29 Å².